The lowest BCUT2D eigenvalue weighted by atomic mass is 10.1. The molecular formula is C14H16ClN3O2S. The number of urea groups is 1. The monoisotopic (exact) mass is 325 g/mol. The van der Waals surface area contributed by atoms with Crippen molar-refractivity contribution in [3.8, 4) is 0 Å². The van der Waals surface area contributed by atoms with Gasteiger partial charge in [-0.25, -0.2) is 9.78 Å². The van der Waals surface area contributed by atoms with Gasteiger partial charge in [0.2, 0.25) is 0 Å². The number of amides is 2. The zero-order valence-electron chi connectivity index (χ0n) is 11.5. The maximum absolute atomic E-state index is 11.7. The summed E-state index contributed by atoms with van der Waals surface area (Å²) in [6, 6.07) is 6.58. The van der Waals surface area contributed by atoms with Crippen molar-refractivity contribution in [3.63, 3.8) is 0 Å². The van der Waals surface area contributed by atoms with Crippen LogP contribution in [0, 0.1) is 0 Å². The topological polar surface area (TPSA) is 74.2 Å². The number of thiazole rings is 1. The van der Waals surface area contributed by atoms with Gasteiger partial charge in [0.25, 0.3) is 0 Å². The molecular weight excluding hydrogens is 310 g/mol. The van der Waals surface area contributed by atoms with Crippen LogP contribution in [-0.4, -0.2) is 22.7 Å². The summed E-state index contributed by atoms with van der Waals surface area (Å²) < 4.78 is 0. The molecule has 0 radical (unpaired) electrons. The number of aliphatic hydroxyl groups is 1. The first-order valence-corrected chi connectivity index (χ1v) is 7.77. The van der Waals surface area contributed by atoms with Crippen LogP contribution in [0.25, 0.3) is 0 Å². The van der Waals surface area contributed by atoms with E-state index in [1.165, 1.54) is 11.3 Å². The lowest BCUT2D eigenvalue weighted by Crippen LogP contribution is -2.32. The summed E-state index contributed by atoms with van der Waals surface area (Å²) in [4.78, 5) is 16.0. The van der Waals surface area contributed by atoms with Crippen LogP contribution in [0.15, 0.2) is 29.6 Å². The van der Waals surface area contributed by atoms with Crippen molar-refractivity contribution in [1.82, 2.24) is 10.3 Å². The molecule has 0 aliphatic carbocycles. The van der Waals surface area contributed by atoms with Crippen LogP contribution in [-0.2, 0) is 6.42 Å². The summed E-state index contributed by atoms with van der Waals surface area (Å²) in [6.07, 6.45) is -0.0303. The highest BCUT2D eigenvalue weighted by atomic mass is 35.5. The fourth-order valence-electron chi connectivity index (χ4n) is 1.71. The minimum Gasteiger partial charge on any atom is -0.387 e. The van der Waals surface area contributed by atoms with Gasteiger partial charge < -0.3 is 10.4 Å². The Kier molecular flexibility index (Phi) is 5.55. The van der Waals surface area contributed by atoms with E-state index in [-0.39, 0.29) is 6.54 Å². The van der Waals surface area contributed by atoms with E-state index in [4.69, 9.17) is 11.6 Å². The SMILES string of the molecule is CCc1csc(NC(=O)NCC(O)c2ccccc2Cl)n1. The molecule has 2 aromatic rings. The molecule has 1 heterocycles. The predicted octanol–water partition coefficient (Wildman–Crippen LogP) is 3.21. The van der Waals surface area contributed by atoms with Crippen LogP contribution in [0.2, 0.25) is 5.02 Å². The third-order valence-corrected chi connectivity index (χ3v) is 4.01. The number of halogens is 1. The summed E-state index contributed by atoms with van der Waals surface area (Å²) in [5.74, 6) is 0. The number of nitrogens with zero attached hydrogens (tertiary/aromatic N) is 1. The Morgan fingerprint density at radius 2 is 2.24 bits per heavy atom. The molecule has 2 rings (SSSR count). The highest BCUT2D eigenvalue weighted by Crippen LogP contribution is 2.22. The van der Waals surface area contributed by atoms with Crippen LogP contribution in [0.3, 0.4) is 0 Å². The molecule has 0 spiro atoms. The lowest BCUT2D eigenvalue weighted by molar-refractivity contribution is 0.175. The standard InChI is InChI=1S/C14H16ClN3O2S/c1-2-9-8-21-14(17-9)18-13(20)16-7-12(19)10-5-3-4-6-11(10)15/h3-6,8,12,19H,2,7H2,1H3,(H2,16,17,18,20). The lowest BCUT2D eigenvalue weighted by Gasteiger charge is -2.13. The third kappa shape index (κ3) is 4.42. The molecule has 0 fully saturated rings. The Hall–Kier alpha value is -1.63. The molecule has 21 heavy (non-hydrogen) atoms. The zero-order chi connectivity index (χ0) is 15.2. The molecule has 7 heteroatoms. The van der Waals surface area contributed by atoms with Crippen LogP contribution in [0.4, 0.5) is 9.93 Å². The average Bonchev–Trinajstić information content (AvgIpc) is 2.93. The van der Waals surface area contributed by atoms with Crippen molar-refractivity contribution in [2.24, 2.45) is 0 Å². The number of aryl methyl sites for hydroxylation is 1. The number of hydrogen-bond acceptors (Lipinski definition) is 4. The van der Waals surface area contributed by atoms with Gasteiger partial charge >= 0.3 is 6.03 Å². The van der Waals surface area contributed by atoms with Crippen molar-refractivity contribution in [2.75, 3.05) is 11.9 Å². The van der Waals surface area contributed by atoms with Gasteiger partial charge in [-0.3, -0.25) is 5.32 Å². The van der Waals surface area contributed by atoms with E-state index in [0.717, 1.165) is 12.1 Å². The summed E-state index contributed by atoms with van der Waals surface area (Å²) in [5, 5.41) is 18.1. The molecule has 0 aliphatic rings. The Morgan fingerprint density at radius 3 is 2.90 bits per heavy atom. The number of carbonyl (C=O) groups excluding carboxylic acids is 1. The Morgan fingerprint density at radius 1 is 1.48 bits per heavy atom. The molecule has 1 aromatic carbocycles. The molecule has 0 saturated heterocycles. The first kappa shape index (κ1) is 15.8. The molecule has 5 nitrogen and oxygen atoms in total. The van der Waals surface area contributed by atoms with Crippen LogP contribution in [0.5, 0.6) is 0 Å². The maximum atomic E-state index is 11.7. The molecule has 3 N–H and O–H groups in total. The van der Waals surface area contributed by atoms with Gasteiger partial charge in [-0.15, -0.1) is 11.3 Å². The van der Waals surface area contributed by atoms with Gasteiger partial charge in [0, 0.05) is 22.5 Å². The number of hydrogen-bond donors (Lipinski definition) is 3. The average molecular weight is 326 g/mol. The fraction of sp³-hybridized carbons (Fsp3) is 0.286. The maximum Gasteiger partial charge on any atom is 0.321 e. The molecule has 0 bridgehead atoms. The van der Waals surface area contributed by atoms with Crippen LogP contribution < -0.4 is 10.6 Å². The van der Waals surface area contributed by atoms with Crippen LogP contribution >= 0.6 is 22.9 Å². The molecule has 1 aromatic heterocycles. The van der Waals surface area contributed by atoms with E-state index >= 15 is 0 Å². The van der Waals surface area contributed by atoms with Gasteiger partial charge in [0.15, 0.2) is 5.13 Å². The predicted molar refractivity (Wildman–Crippen MR) is 84.9 cm³/mol. The van der Waals surface area contributed by atoms with E-state index in [0.29, 0.717) is 15.7 Å². The second-order valence-electron chi connectivity index (χ2n) is 4.37. The number of carbonyl (C=O) groups is 1. The molecule has 1 unspecified atom stereocenters. The van der Waals surface area contributed by atoms with Crippen molar-refractivity contribution in [2.45, 2.75) is 19.4 Å². The van der Waals surface area contributed by atoms with Crippen molar-refractivity contribution < 1.29 is 9.90 Å². The smallest absolute Gasteiger partial charge is 0.321 e. The first-order chi connectivity index (χ1) is 10.1. The van der Waals surface area contributed by atoms with Gasteiger partial charge in [0.1, 0.15) is 0 Å². The zero-order valence-corrected chi connectivity index (χ0v) is 13.0. The van der Waals surface area contributed by atoms with Gasteiger partial charge in [-0.05, 0) is 12.5 Å². The summed E-state index contributed by atoms with van der Waals surface area (Å²) >= 11 is 7.36. The third-order valence-electron chi connectivity index (χ3n) is 2.85. The van der Waals surface area contributed by atoms with Crippen molar-refractivity contribution in [3.05, 3.63) is 45.9 Å². The highest BCUT2D eigenvalue weighted by Gasteiger charge is 2.13. The highest BCUT2D eigenvalue weighted by molar-refractivity contribution is 7.13. The number of nitrogens with one attached hydrogen (secondary N) is 2. The second kappa shape index (κ2) is 7.40. The first-order valence-electron chi connectivity index (χ1n) is 6.52. The van der Waals surface area contributed by atoms with E-state index in [1.807, 2.05) is 12.3 Å². The number of aromatic nitrogens is 1. The number of aliphatic hydroxyl groups excluding tert-OH is 1. The molecule has 1 atom stereocenters. The minimum absolute atomic E-state index is 0.0710. The molecule has 0 saturated carbocycles. The second-order valence-corrected chi connectivity index (χ2v) is 5.64. The minimum atomic E-state index is -0.855. The molecule has 2 amide bonds. The normalized spacial score (nSPS) is 12.0. The Balaban J connectivity index is 1.85. The van der Waals surface area contributed by atoms with Crippen molar-refractivity contribution >= 4 is 34.1 Å². The molecule has 0 aliphatic heterocycles. The van der Waals surface area contributed by atoms with Gasteiger partial charge in [-0.1, -0.05) is 36.7 Å². The Bertz CT molecular complexity index is 618. The van der Waals surface area contributed by atoms with Crippen molar-refractivity contribution in [1.29, 1.82) is 0 Å². The van der Waals surface area contributed by atoms with E-state index in [1.54, 1.807) is 24.3 Å². The number of anilines is 1. The largest absolute Gasteiger partial charge is 0.387 e. The van der Waals surface area contributed by atoms with E-state index < -0.39 is 12.1 Å². The van der Waals surface area contributed by atoms with Gasteiger partial charge in [-0.2, -0.15) is 0 Å². The van der Waals surface area contributed by atoms with Gasteiger partial charge in [0.05, 0.1) is 11.8 Å². The van der Waals surface area contributed by atoms with E-state index in [9.17, 15) is 9.90 Å². The number of benzene rings is 1. The molecule has 112 valence electrons. The Labute approximate surface area is 132 Å². The number of rotatable bonds is 5. The quantitative estimate of drug-likeness (QED) is 0.790. The van der Waals surface area contributed by atoms with E-state index in [2.05, 4.69) is 15.6 Å². The summed E-state index contributed by atoms with van der Waals surface area (Å²) in [7, 11) is 0. The summed E-state index contributed by atoms with van der Waals surface area (Å²) in [5.41, 5.74) is 1.52. The fourth-order valence-corrected chi connectivity index (χ4v) is 2.76. The summed E-state index contributed by atoms with van der Waals surface area (Å²) in [6.45, 7) is 2.07. The van der Waals surface area contributed by atoms with Crippen LogP contribution in [0.1, 0.15) is 24.3 Å².